The third kappa shape index (κ3) is 4.40. The van der Waals surface area contributed by atoms with E-state index in [1.165, 1.54) is 6.42 Å². The van der Waals surface area contributed by atoms with E-state index in [0.717, 1.165) is 36.7 Å². The number of nitrogens with one attached hydrogen (secondary N) is 1. The summed E-state index contributed by atoms with van der Waals surface area (Å²) in [7, 11) is 3.84. The standard InChI is InChI=1S/C24H29N5O2/c1-4-31-20-13-12-17-10-6-7-11-18(17)21(20)23(30)26-19-16-25-24(27-22(19)28(2)3)29-14-8-5-9-15-29/h6-7,10-13,16H,4-5,8-9,14-15H2,1-3H3,(H,26,30). The minimum atomic E-state index is -0.238. The molecule has 1 N–H and O–H groups in total. The number of ether oxygens (including phenoxy) is 1. The van der Waals surface area contributed by atoms with E-state index >= 15 is 0 Å². The number of rotatable bonds is 6. The van der Waals surface area contributed by atoms with Gasteiger partial charge in [-0.3, -0.25) is 4.79 Å². The van der Waals surface area contributed by atoms with Gasteiger partial charge in [0.15, 0.2) is 5.82 Å². The Hall–Kier alpha value is -3.35. The van der Waals surface area contributed by atoms with Crippen LogP contribution in [0.2, 0.25) is 0 Å². The summed E-state index contributed by atoms with van der Waals surface area (Å²) >= 11 is 0. The Bertz CT molecular complexity index is 1080. The first-order valence-electron chi connectivity index (χ1n) is 10.8. The fourth-order valence-electron chi connectivity index (χ4n) is 3.99. The van der Waals surface area contributed by atoms with E-state index in [0.29, 0.717) is 35.4 Å². The molecule has 1 fully saturated rings. The Morgan fingerprint density at radius 2 is 1.90 bits per heavy atom. The van der Waals surface area contributed by atoms with Gasteiger partial charge in [0.1, 0.15) is 11.4 Å². The number of piperidine rings is 1. The van der Waals surface area contributed by atoms with Crippen LogP contribution < -0.4 is 19.9 Å². The highest BCUT2D eigenvalue weighted by Gasteiger charge is 2.21. The first kappa shape index (κ1) is 20.9. The zero-order valence-corrected chi connectivity index (χ0v) is 18.4. The first-order chi connectivity index (χ1) is 15.1. The van der Waals surface area contributed by atoms with E-state index in [9.17, 15) is 4.79 Å². The fourth-order valence-corrected chi connectivity index (χ4v) is 3.99. The molecule has 1 amide bonds. The lowest BCUT2D eigenvalue weighted by molar-refractivity contribution is 0.102. The summed E-state index contributed by atoms with van der Waals surface area (Å²) in [6.45, 7) is 4.32. The second kappa shape index (κ2) is 9.20. The van der Waals surface area contributed by atoms with Crippen molar-refractivity contribution in [1.29, 1.82) is 0 Å². The van der Waals surface area contributed by atoms with Gasteiger partial charge in [0.05, 0.1) is 18.4 Å². The normalized spacial score (nSPS) is 13.8. The topological polar surface area (TPSA) is 70.6 Å². The van der Waals surface area contributed by atoms with Crippen LogP contribution in [0.1, 0.15) is 36.5 Å². The number of hydrogen-bond donors (Lipinski definition) is 1. The molecule has 7 nitrogen and oxygen atoms in total. The Morgan fingerprint density at radius 3 is 2.65 bits per heavy atom. The van der Waals surface area contributed by atoms with E-state index in [4.69, 9.17) is 9.72 Å². The molecule has 0 spiro atoms. The summed E-state index contributed by atoms with van der Waals surface area (Å²) in [5.74, 6) is 1.72. The number of hydrogen-bond acceptors (Lipinski definition) is 6. The molecule has 1 aliphatic rings. The number of carbonyl (C=O) groups excluding carboxylic acids is 1. The molecule has 1 aromatic heterocycles. The molecule has 162 valence electrons. The zero-order chi connectivity index (χ0) is 21.8. The van der Waals surface area contributed by atoms with Crippen LogP contribution in [0, 0.1) is 0 Å². The molecule has 2 heterocycles. The van der Waals surface area contributed by atoms with Gasteiger partial charge in [-0.15, -0.1) is 0 Å². The maximum atomic E-state index is 13.4. The van der Waals surface area contributed by atoms with Crippen molar-refractivity contribution in [3.05, 3.63) is 48.2 Å². The van der Waals surface area contributed by atoms with Gasteiger partial charge < -0.3 is 19.9 Å². The van der Waals surface area contributed by atoms with Crippen LogP contribution >= 0.6 is 0 Å². The van der Waals surface area contributed by atoms with Gasteiger partial charge in [0, 0.05) is 27.2 Å². The molecule has 7 heteroatoms. The average Bonchev–Trinajstić information content (AvgIpc) is 2.79. The molecular formula is C24H29N5O2. The van der Waals surface area contributed by atoms with E-state index in [1.807, 2.05) is 62.3 Å². The number of benzene rings is 2. The number of carbonyl (C=O) groups is 1. The van der Waals surface area contributed by atoms with Crippen molar-refractivity contribution >= 4 is 34.1 Å². The van der Waals surface area contributed by atoms with Crippen molar-refractivity contribution in [3.8, 4) is 5.75 Å². The number of nitrogens with zero attached hydrogens (tertiary/aromatic N) is 4. The van der Waals surface area contributed by atoms with Crippen molar-refractivity contribution in [2.45, 2.75) is 26.2 Å². The lowest BCUT2D eigenvalue weighted by Gasteiger charge is -2.28. The fraction of sp³-hybridized carbons (Fsp3) is 0.375. The quantitative estimate of drug-likeness (QED) is 0.641. The highest BCUT2D eigenvalue weighted by Crippen LogP contribution is 2.31. The Labute approximate surface area is 183 Å². The second-order valence-corrected chi connectivity index (χ2v) is 7.90. The van der Waals surface area contributed by atoms with Crippen molar-refractivity contribution in [3.63, 3.8) is 0 Å². The minimum Gasteiger partial charge on any atom is -0.493 e. The maximum absolute atomic E-state index is 13.4. The van der Waals surface area contributed by atoms with Gasteiger partial charge in [0.2, 0.25) is 5.95 Å². The summed E-state index contributed by atoms with van der Waals surface area (Å²) in [5, 5.41) is 4.86. The average molecular weight is 420 g/mol. The highest BCUT2D eigenvalue weighted by molar-refractivity contribution is 6.15. The van der Waals surface area contributed by atoms with Crippen LogP contribution in [0.5, 0.6) is 5.75 Å². The molecular weight excluding hydrogens is 390 g/mol. The van der Waals surface area contributed by atoms with E-state index in [-0.39, 0.29) is 5.91 Å². The molecule has 0 unspecified atom stereocenters. The number of amides is 1. The van der Waals surface area contributed by atoms with Crippen LogP contribution in [0.4, 0.5) is 17.5 Å². The number of anilines is 3. The molecule has 31 heavy (non-hydrogen) atoms. The zero-order valence-electron chi connectivity index (χ0n) is 18.4. The number of fused-ring (bicyclic) bond motifs is 1. The van der Waals surface area contributed by atoms with Crippen molar-refractivity contribution in [2.24, 2.45) is 0 Å². The van der Waals surface area contributed by atoms with Crippen LogP contribution in [0.3, 0.4) is 0 Å². The largest absolute Gasteiger partial charge is 0.493 e. The SMILES string of the molecule is CCOc1ccc2ccccc2c1C(=O)Nc1cnc(N2CCCCC2)nc1N(C)C. The molecule has 4 rings (SSSR count). The summed E-state index contributed by atoms with van der Waals surface area (Å²) in [6, 6.07) is 11.6. The molecule has 1 aliphatic heterocycles. The van der Waals surface area contributed by atoms with Gasteiger partial charge in [-0.2, -0.15) is 4.98 Å². The lowest BCUT2D eigenvalue weighted by atomic mass is 10.0. The Balaban J connectivity index is 1.69. The smallest absolute Gasteiger partial charge is 0.260 e. The predicted molar refractivity (Wildman–Crippen MR) is 125 cm³/mol. The molecule has 0 aliphatic carbocycles. The molecule has 0 atom stereocenters. The van der Waals surface area contributed by atoms with Gasteiger partial charge in [-0.05, 0) is 43.0 Å². The third-order valence-corrected chi connectivity index (χ3v) is 5.48. The summed E-state index contributed by atoms with van der Waals surface area (Å²) in [5.41, 5.74) is 1.09. The molecule has 1 saturated heterocycles. The second-order valence-electron chi connectivity index (χ2n) is 7.90. The maximum Gasteiger partial charge on any atom is 0.260 e. The highest BCUT2D eigenvalue weighted by atomic mass is 16.5. The van der Waals surface area contributed by atoms with E-state index < -0.39 is 0 Å². The molecule has 0 saturated carbocycles. The number of aromatic nitrogens is 2. The van der Waals surface area contributed by atoms with Crippen molar-refractivity contribution in [2.75, 3.05) is 48.9 Å². The van der Waals surface area contributed by atoms with Crippen LogP contribution in [0.15, 0.2) is 42.6 Å². The van der Waals surface area contributed by atoms with Crippen LogP contribution in [-0.2, 0) is 0 Å². The van der Waals surface area contributed by atoms with Gasteiger partial charge in [0.25, 0.3) is 5.91 Å². The minimum absolute atomic E-state index is 0.238. The van der Waals surface area contributed by atoms with Crippen LogP contribution in [-0.4, -0.2) is 49.7 Å². The summed E-state index contributed by atoms with van der Waals surface area (Å²) in [4.78, 5) is 26.8. The van der Waals surface area contributed by atoms with Gasteiger partial charge in [-0.1, -0.05) is 30.3 Å². The monoisotopic (exact) mass is 419 g/mol. The molecule has 0 radical (unpaired) electrons. The Kier molecular flexibility index (Phi) is 6.21. The van der Waals surface area contributed by atoms with Gasteiger partial charge >= 0.3 is 0 Å². The first-order valence-corrected chi connectivity index (χ1v) is 10.8. The lowest BCUT2D eigenvalue weighted by Crippen LogP contribution is -2.31. The Morgan fingerprint density at radius 1 is 1.13 bits per heavy atom. The van der Waals surface area contributed by atoms with Crippen LogP contribution in [0.25, 0.3) is 10.8 Å². The predicted octanol–water partition coefficient (Wildman–Crippen LogP) is 4.34. The van der Waals surface area contributed by atoms with Gasteiger partial charge in [-0.25, -0.2) is 4.98 Å². The molecule has 3 aromatic rings. The van der Waals surface area contributed by atoms with E-state index in [2.05, 4.69) is 15.2 Å². The van der Waals surface area contributed by atoms with Crippen molar-refractivity contribution < 1.29 is 9.53 Å². The molecule has 0 bridgehead atoms. The molecule has 2 aromatic carbocycles. The third-order valence-electron chi connectivity index (χ3n) is 5.48. The summed E-state index contributed by atoms with van der Waals surface area (Å²) < 4.78 is 5.77. The van der Waals surface area contributed by atoms with Crippen molar-refractivity contribution in [1.82, 2.24) is 9.97 Å². The summed E-state index contributed by atoms with van der Waals surface area (Å²) in [6.07, 6.45) is 5.26. The van der Waals surface area contributed by atoms with E-state index in [1.54, 1.807) is 6.20 Å².